The van der Waals surface area contributed by atoms with Gasteiger partial charge in [0.15, 0.2) is 0 Å². The standard InChI is InChI=1S/C30H40O6/c1-17(8-7-9-18(2)26(33)34)20-12-13-30(6)23-16-22-25(19(3)27(35)36-22)21(10-11-24(31)32)28(23,4)14-15-29(20,30)5/h7-9,16-17,20-21,23H,10-15H2,1-6H3,(H,31,32)(H,33,34)/b8-7+,18-9+/t17-,20?,21-,23-,28+,29-,30+/m1/s1. The first-order valence-corrected chi connectivity index (χ1v) is 13.2. The van der Waals surface area contributed by atoms with Gasteiger partial charge in [0.05, 0.1) is 0 Å². The zero-order chi connectivity index (χ0) is 26.6. The van der Waals surface area contributed by atoms with Gasteiger partial charge in [0.25, 0.3) is 0 Å². The normalized spacial score (nSPS) is 38.8. The van der Waals surface area contributed by atoms with Crippen molar-refractivity contribution in [3.05, 3.63) is 46.8 Å². The predicted octanol–water partition coefficient (Wildman–Crippen LogP) is 6.30. The third-order valence-electron chi connectivity index (χ3n) is 10.7. The summed E-state index contributed by atoms with van der Waals surface area (Å²) in [7, 11) is 0. The van der Waals surface area contributed by atoms with Gasteiger partial charge >= 0.3 is 17.9 Å². The number of carbonyl (C=O) groups is 3. The van der Waals surface area contributed by atoms with Crippen LogP contribution in [0.4, 0.5) is 0 Å². The number of rotatable bonds is 7. The van der Waals surface area contributed by atoms with Crippen molar-refractivity contribution >= 4 is 17.9 Å². The molecule has 0 bridgehead atoms. The maximum absolute atomic E-state index is 12.6. The Morgan fingerprint density at radius 3 is 2.50 bits per heavy atom. The number of allylic oxidation sites excluding steroid dienone is 5. The molecule has 196 valence electrons. The summed E-state index contributed by atoms with van der Waals surface area (Å²) in [6.45, 7) is 12.8. The first-order valence-electron chi connectivity index (χ1n) is 13.2. The number of aliphatic carboxylic acids is 2. The van der Waals surface area contributed by atoms with Crippen LogP contribution in [0.25, 0.3) is 0 Å². The summed E-state index contributed by atoms with van der Waals surface area (Å²) in [4.78, 5) is 35.2. The lowest BCUT2D eigenvalue weighted by Gasteiger charge is -2.63. The topological polar surface area (TPSA) is 101 Å². The van der Waals surface area contributed by atoms with Crippen molar-refractivity contribution in [1.82, 2.24) is 0 Å². The molecule has 4 rings (SSSR count). The van der Waals surface area contributed by atoms with E-state index in [1.165, 1.54) is 0 Å². The number of hydrogen-bond acceptors (Lipinski definition) is 4. The van der Waals surface area contributed by atoms with Gasteiger partial charge in [-0.05, 0) is 91.9 Å². The van der Waals surface area contributed by atoms with Crippen molar-refractivity contribution in [2.75, 3.05) is 0 Å². The lowest BCUT2D eigenvalue weighted by atomic mass is 9.41. The van der Waals surface area contributed by atoms with Crippen LogP contribution >= 0.6 is 0 Å². The van der Waals surface area contributed by atoms with E-state index in [-0.39, 0.29) is 40.5 Å². The summed E-state index contributed by atoms with van der Waals surface area (Å²) in [5.74, 6) is -0.468. The molecule has 4 aliphatic rings. The van der Waals surface area contributed by atoms with Crippen molar-refractivity contribution in [2.45, 2.75) is 80.1 Å². The Hall–Kier alpha value is -2.63. The minimum absolute atomic E-state index is 0.0214. The summed E-state index contributed by atoms with van der Waals surface area (Å²) in [6.07, 6.45) is 12.6. The average molecular weight is 497 g/mol. The van der Waals surface area contributed by atoms with E-state index in [1.54, 1.807) is 13.0 Å². The molecule has 3 aliphatic carbocycles. The third-order valence-corrected chi connectivity index (χ3v) is 10.7. The Bertz CT molecular complexity index is 1110. The molecule has 0 aromatic carbocycles. The number of carboxylic acid groups (broad SMARTS) is 2. The predicted molar refractivity (Wildman–Crippen MR) is 137 cm³/mol. The second kappa shape index (κ2) is 9.04. The maximum atomic E-state index is 12.6. The fraction of sp³-hybridized carbons (Fsp3) is 0.633. The lowest BCUT2D eigenvalue weighted by molar-refractivity contribution is -0.139. The molecule has 2 fully saturated rings. The molecule has 0 radical (unpaired) electrons. The molecule has 0 aromatic rings. The van der Waals surface area contributed by atoms with E-state index >= 15 is 0 Å². The van der Waals surface area contributed by atoms with Crippen molar-refractivity contribution in [3.8, 4) is 0 Å². The molecular formula is C30H40O6. The molecule has 0 spiro atoms. The van der Waals surface area contributed by atoms with Crippen molar-refractivity contribution in [3.63, 3.8) is 0 Å². The molecule has 0 saturated heterocycles. The van der Waals surface area contributed by atoms with E-state index in [1.807, 2.05) is 13.0 Å². The van der Waals surface area contributed by atoms with Crippen LogP contribution in [-0.4, -0.2) is 28.1 Å². The van der Waals surface area contributed by atoms with Crippen LogP contribution in [0.15, 0.2) is 46.8 Å². The lowest BCUT2D eigenvalue weighted by Crippen LogP contribution is -2.56. The minimum Gasteiger partial charge on any atom is -0.481 e. The van der Waals surface area contributed by atoms with Crippen LogP contribution in [-0.2, 0) is 19.1 Å². The van der Waals surface area contributed by atoms with Crippen molar-refractivity contribution in [1.29, 1.82) is 0 Å². The van der Waals surface area contributed by atoms with Gasteiger partial charge in [0.1, 0.15) is 5.76 Å². The van der Waals surface area contributed by atoms with Gasteiger partial charge in [0, 0.05) is 23.1 Å². The van der Waals surface area contributed by atoms with Crippen LogP contribution < -0.4 is 0 Å². The first kappa shape index (κ1) is 26.4. The highest BCUT2D eigenvalue weighted by atomic mass is 16.5. The number of carbonyl (C=O) groups excluding carboxylic acids is 1. The van der Waals surface area contributed by atoms with E-state index in [9.17, 15) is 19.5 Å². The number of fused-ring (bicyclic) bond motifs is 4. The molecule has 1 aliphatic heterocycles. The van der Waals surface area contributed by atoms with Gasteiger partial charge in [-0.1, -0.05) is 45.9 Å². The van der Waals surface area contributed by atoms with Gasteiger partial charge in [-0.2, -0.15) is 0 Å². The van der Waals surface area contributed by atoms with E-state index < -0.39 is 11.9 Å². The molecule has 2 N–H and O–H groups in total. The molecule has 1 heterocycles. The average Bonchev–Trinajstić information content (AvgIpc) is 3.24. The largest absolute Gasteiger partial charge is 0.481 e. The second-order valence-electron chi connectivity index (χ2n) is 12.3. The summed E-state index contributed by atoms with van der Waals surface area (Å²) < 4.78 is 5.74. The van der Waals surface area contributed by atoms with E-state index in [0.717, 1.165) is 31.3 Å². The number of carboxylic acids is 2. The zero-order valence-corrected chi connectivity index (χ0v) is 22.4. The van der Waals surface area contributed by atoms with Crippen LogP contribution in [0.5, 0.6) is 0 Å². The quantitative estimate of drug-likeness (QED) is 0.244. The summed E-state index contributed by atoms with van der Waals surface area (Å²) in [6, 6.07) is 0. The zero-order valence-electron chi connectivity index (χ0n) is 22.4. The highest BCUT2D eigenvalue weighted by molar-refractivity contribution is 5.94. The molecule has 6 nitrogen and oxygen atoms in total. The molecule has 7 atom stereocenters. The maximum Gasteiger partial charge on any atom is 0.339 e. The van der Waals surface area contributed by atoms with Gasteiger partial charge in [-0.25, -0.2) is 9.59 Å². The van der Waals surface area contributed by atoms with Gasteiger partial charge in [-0.3, -0.25) is 4.79 Å². The highest BCUT2D eigenvalue weighted by Crippen LogP contribution is 2.74. The summed E-state index contributed by atoms with van der Waals surface area (Å²) in [5.41, 5.74) is 1.76. The van der Waals surface area contributed by atoms with Crippen LogP contribution in [0.2, 0.25) is 0 Å². The van der Waals surface area contributed by atoms with Crippen molar-refractivity contribution < 1.29 is 29.3 Å². The first-order chi connectivity index (χ1) is 16.8. The Balaban J connectivity index is 1.71. The molecule has 0 amide bonds. The Morgan fingerprint density at radius 1 is 1.17 bits per heavy atom. The van der Waals surface area contributed by atoms with Crippen LogP contribution in [0, 0.1) is 39.9 Å². The van der Waals surface area contributed by atoms with E-state index in [2.05, 4.69) is 39.8 Å². The Morgan fingerprint density at radius 2 is 1.86 bits per heavy atom. The highest BCUT2D eigenvalue weighted by Gasteiger charge is 2.67. The molecular weight excluding hydrogens is 456 g/mol. The minimum atomic E-state index is -0.904. The van der Waals surface area contributed by atoms with Crippen LogP contribution in [0.3, 0.4) is 0 Å². The Kier molecular flexibility index (Phi) is 6.64. The fourth-order valence-electron chi connectivity index (χ4n) is 8.37. The molecule has 0 aromatic heterocycles. The molecule has 6 heteroatoms. The molecule has 2 saturated carbocycles. The summed E-state index contributed by atoms with van der Waals surface area (Å²) >= 11 is 0. The van der Waals surface area contributed by atoms with Crippen LogP contribution in [0.1, 0.15) is 80.1 Å². The number of esters is 1. The third kappa shape index (κ3) is 3.88. The monoisotopic (exact) mass is 496 g/mol. The van der Waals surface area contributed by atoms with Gasteiger partial charge in [0.2, 0.25) is 0 Å². The van der Waals surface area contributed by atoms with E-state index in [0.29, 0.717) is 35.2 Å². The number of hydrogen-bond donors (Lipinski definition) is 2. The van der Waals surface area contributed by atoms with Gasteiger partial charge < -0.3 is 14.9 Å². The number of ether oxygens (including phenoxy) is 1. The smallest absolute Gasteiger partial charge is 0.339 e. The van der Waals surface area contributed by atoms with Crippen molar-refractivity contribution in [2.24, 2.45) is 39.9 Å². The second-order valence-corrected chi connectivity index (χ2v) is 12.3. The molecule has 36 heavy (non-hydrogen) atoms. The Labute approximate surface area is 214 Å². The van der Waals surface area contributed by atoms with E-state index in [4.69, 9.17) is 9.84 Å². The summed E-state index contributed by atoms with van der Waals surface area (Å²) in [5, 5.41) is 18.6. The SMILES string of the molecule is CC1=C2C(=C[C@@H]3[C@@](C)(CC[C@]4(C)C([C@H](C)/C=C/C=C(\C)C(=O)O)CC[C@@]34C)[C@@H]2CCC(=O)O)OC1=O. The fourth-order valence-corrected chi connectivity index (χ4v) is 8.37. The molecule has 1 unspecified atom stereocenters. The van der Waals surface area contributed by atoms with Gasteiger partial charge in [-0.15, -0.1) is 0 Å².